The van der Waals surface area contributed by atoms with Gasteiger partial charge < -0.3 is 5.73 Å². The van der Waals surface area contributed by atoms with Crippen LogP contribution in [0.3, 0.4) is 0 Å². The van der Waals surface area contributed by atoms with Gasteiger partial charge in [0.25, 0.3) is 0 Å². The highest BCUT2D eigenvalue weighted by Crippen LogP contribution is 1.95. The minimum Gasteiger partial charge on any atom is -0.382 e. The second-order valence-electron chi connectivity index (χ2n) is 1.63. The van der Waals surface area contributed by atoms with E-state index in [-0.39, 0.29) is 0 Å². The van der Waals surface area contributed by atoms with Gasteiger partial charge >= 0.3 is 0 Å². The fraction of sp³-hybridized carbons (Fsp3) is 0.333. The van der Waals surface area contributed by atoms with Crippen LogP contribution in [0.5, 0.6) is 0 Å². The van der Waals surface area contributed by atoms with Gasteiger partial charge in [0, 0.05) is 7.05 Å². The van der Waals surface area contributed by atoms with Crippen LogP contribution in [0.25, 0.3) is 0 Å². The lowest BCUT2D eigenvalue weighted by molar-refractivity contribution is 0.153. The number of nitrogens with two attached hydrogens (primary N) is 2. The highest BCUT2D eigenvalue weighted by atomic mass is 15.9. The van der Waals surface area contributed by atoms with E-state index in [0.29, 0.717) is 5.82 Å². The summed E-state index contributed by atoms with van der Waals surface area (Å²) in [5.74, 6) is 5.76. The van der Waals surface area contributed by atoms with Crippen LogP contribution in [-0.4, -0.2) is 17.2 Å². The fourth-order valence-electron chi connectivity index (χ4n) is 0.517. The molecular formula is C3H9N5. The van der Waals surface area contributed by atoms with Crippen LogP contribution < -0.4 is 17.1 Å². The first-order valence-corrected chi connectivity index (χ1v) is 2.21. The number of nitrogens with one attached hydrogen (secondary N) is 1. The van der Waals surface area contributed by atoms with Gasteiger partial charge in [-0.05, 0) is 0 Å². The number of rotatable bonds is 0. The molecule has 0 atom stereocenters. The second-order valence-corrected chi connectivity index (χ2v) is 1.63. The van der Waals surface area contributed by atoms with Gasteiger partial charge in [0.15, 0.2) is 0 Å². The lowest BCUT2D eigenvalue weighted by Crippen LogP contribution is -2.44. The molecule has 0 bridgehead atoms. The molecule has 0 aromatic carbocycles. The summed E-state index contributed by atoms with van der Waals surface area (Å²) in [6.45, 7) is 0. The molecule has 1 rings (SSSR count). The van der Waals surface area contributed by atoms with Gasteiger partial charge in [-0.1, -0.05) is 0 Å². The van der Waals surface area contributed by atoms with E-state index in [1.807, 2.05) is 0 Å². The van der Waals surface area contributed by atoms with Gasteiger partial charge in [-0.3, -0.25) is 5.01 Å². The van der Waals surface area contributed by atoms with Crippen LogP contribution in [0.1, 0.15) is 0 Å². The fourth-order valence-corrected chi connectivity index (χ4v) is 0.517. The maximum atomic E-state index is 5.33. The molecule has 0 aliphatic carbocycles. The van der Waals surface area contributed by atoms with Gasteiger partial charge in [-0.15, -0.1) is 5.53 Å². The summed E-state index contributed by atoms with van der Waals surface area (Å²) in [7, 11) is 1.81. The quantitative estimate of drug-likeness (QED) is 0.328. The van der Waals surface area contributed by atoms with E-state index in [2.05, 4.69) is 5.53 Å². The molecule has 0 saturated carbocycles. The molecule has 0 unspecified atom stereocenters. The number of hydrazine groups is 3. The van der Waals surface area contributed by atoms with Crippen molar-refractivity contribution >= 4 is 0 Å². The Morgan fingerprint density at radius 2 is 2.38 bits per heavy atom. The molecule has 0 aromatic rings. The normalized spacial score (nSPS) is 19.5. The first kappa shape index (κ1) is 5.20. The van der Waals surface area contributed by atoms with Gasteiger partial charge in [-0.25, -0.2) is 11.0 Å². The van der Waals surface area contributed by atoms with E-state index in [4.69, 9.17) is 11.6 Å². The molecule has 0 aromatic heterocycles. The zero-order valence-corrected chi connectivity index (χ0v) is 4.63. The summed E-state index contributed by atoms with van der Waals surface area (Å²) >= 11 is 0. The van der Waals surface area contributed by atoms with Crippen molar-refractivity contribution in [3.8, 4) is 0 Å². The zero-order chi connectivity index (χ0) is 6.15. The van der Waals surface area contributed by atoms with E-state index >= 15 is 0 Å². The monoisotopic (exact) mass is 115 g/mol. The van der Waals surface area contributed by atoms with Gasteiger partial charge in [-0.2, -0.15) is 0 Å². The van der Waals surface area contributed by atoms with Crippen molar-refractivity contribution in [3.63, 3.8) is 0 Å². The summed E-state index contributed by atoms with van der Waals surface area (Å²) in [5, 5.41) is 2.90. The average Bonchev–Trinajstić information content (AvgIpc) is 1.85. The summed E-state index contributed by atoms with van der Waals surface area (Å²) in [6.07, 6.45) is 1.68. The molecule has 8 heavy (non-hydrogen) atoms. The highest BCUT2D eigenvalue weighted by Gasteiger charge is 2.08. The van der Waals surface area contributed by atoms with E-state index in [0.717, 1.165) is 0 Å². The Bertz CT molecular complexity index is 119. The summed E-state index contributed by atoms with van der Waals surface area (Å²) in [5.41, 5.74) is 8.02. The van der Waals surface area contributed by atoms with E-state index in [9.17, 15) is 0 Å². The third-order valence-corrected chi connectivity index (χ3v) is 0.870. The number of hydrogen-bond donors (Lipinski definition) is 3. The summed E-state index contributed by atoms with van der Waals surface area (Å²) in [4.78, 5) is 0. The van der Waals surface area contributed by atoms with Crippen molar-refractivity contribution < 1.29 is 0 Å². The molecule has 1 aliphatic heterocycles. The van der Waals surface area contributed by atoms with Crippen LogP contribution in [0.15, 0.2) is 12.0 Å². The Morgan fingerprint density at radius 3 is 2.50 bits per heavy atom. The average molecular weight is 115 g/mol. The highest BCUT2D eigenvalue weighted by molar-refractivity contribution is 4.94. The Hall–Kier alpha value is -0.940. The zero-order valence-electron chi connectivity index (χ0n) is 4.63. The molecule has 0 spiro atoms. The standard InChI is InChI=1S/C3H9N5/c1-7-2-3(4)8(5)6-7/h2,6H,4-5H2,1H3. The minimum atomic E-state index is 0.507. The van der Waals surface area contributed by atoms with Crippen LogP contribution in [0.4, 0.5) is 0 Å². The molecule has 0 fully saturated rings. The van der Waals surface area contributed by atoms with Gasteiger partial charge in [0.05, 0.1) is 6.20 Å². The Balaban J connectivity index is 2.59. The maximum absolute atomic E-state index is 5.33. The number of hydrogen-bond acceptors (Lipinski definition) is 5. The first-order chi connectivity index (χ1) is 3.70. The number of nitrogens with zero attached hydrogens (tertiary/aromatic N) is 2. The van der Waals surface area contributed by atoms with Crippen LogP contribution in [0.2, 0.25) is 0 Å². The molecule has 5 heteroatoms. The van der Waals surface area contributed by atoms with Crippen molar-refractivity contribution in [2.24, 2.45) is 11.6 Å². The molecule has 0 radical (unpaired) electrons. The van der Waals surface area contributed by atoms with E-state index < -0.39 is 0 Å². The van der Waals surface area contributed by atoms with Crippen molar-refractivity contribution in [2.45, 2.75) is 0 Å². The van der Waals surface area contributed by atoms with Crippen LogP contribution >= 0.6 is 0 Å². The largest absolute Gasteiger partial charge is 0.382 e. The lowest BCUT2D eigenvalue weighted by Gasteiger charge is -2.13. The minimum absolute atomic E-state index is 0.507. The molecule has 0 amide bonds. The molecule has 1 aliphatic rings. The van der Waals surface area contributed by atoms with Crippen LogP contribution in [0, 0.1) is 0 Å². The van der Waals surface area contributed by atoms with Crippen molar-refractivity contribution in [1.29, 1.82) is 0 Å². The maximum Gasteiger partial charge on any atom is 0.149 e. The third-order valence-electron chi connectivity index (χ3n) is 0.870. The topological polar surface area (TPSA) is 70.5 Å². The predicted octanol–water partition coefficient (Wildman–Crippen LogP) is -1.72. The van der Waals surface area contributed by atoms with Gasteiger partial charge in [0.2, 0.25) is 0 Å². The molecule has 46 valence electrons. The summed E-state index contributed by atoms with van der Waals surface area (Å²) < 4.78 is 0. The SMILES string of the molecule is CN1C=C(N)N(N)N1. The molecule has 1 heterocycles. The molecule has 5 N–H and O–H groups in total. The van der Waals surface area contributed by atoms with Gasteiger partial charge in [0.1, 0.15) is 5.82 Å². The predicted molar refractivity (Wildman–Crippen MR) is 29.2 cm³/mol. The Morgan fingerprint density at radius 1 is 1.75 bits per heavy atom. The molecule has 0 saturated heterocycles. The van der Waals surface area contributed by atoms with E-state index in [1.165, 1.54) is 5.12 Å². The third kappa shape index (κ3) is 0.682. The Labute approximate surface area is 47.4 Å². The Kier molecular flexibility index (Phi) is 0.997. The summed E-state index contributed by atoms with van der Waals surface area (Å²) in [6, 6.07) is 0. The molecular weight excluding hydrogens is 106 g/mol. The first-order valence-electron chi connectivity index (χ1n) is 2.21. The van der Waals surface area contributed by atoms with Crippen molar-refractivity contribution in [1.82, 2.24) is 15.7 Å². The lowest BCUT2D eigenvalue weighted by atomic mass is 10.8. The molecule has 5 nitrogen and oxygen atoms in total. The second kappa shape index (κ2) is 1.53. The van der Waals surface area contributed by atoms with Crippen molar-refractivity contribution in [2.75, 3.05) is 7.05 Å². The van der Waals surface area contributed by atoms with Crippen LogP contribution in [-0.2, 0) is 0 Å². The van der Waals surface area contributed by atoms with Crippen molar-refractivity contribution in [3.05, 3.63) is 12.0 Å². The smallest absolute Gasteiger partial charge is 0.149 e. The van der Waals surface area contributed by atoms with E-state index in [1.54, 1.807) is 18.3 Å².